The minimum absolute atomic E-state index is 0.0610. The number of ether oxygens (including phenoxy) is 1. The number of tetrazole rings is 1. The van der Waals surface area contributed by atoms with Crippen molar-refractivity contribution in [3.05, 3.63) is 77.1 Å². The Labute approximate surface area is 146 Å². The third kappa shape index (κ3) is 4.29. The Bertz CT molecular complexity index is 830. The molecule has 0 fully saturated rings. The van der Waals surface area contributed by atoms with E-state index in [0.717, 1.165) is 17.5 Å². The summed E-state index contributed by atoms with van der Waals surface area (Å²) >= 11 is 0. The summed E-state index contributed by atoms with van der Waals surface area (Å²) in [5, 5.41) is 11.4. The molecule has 3 rings (SSSR count). The Morgan fingerprint density at radius 1 is 1.08 bits per heavy atom. The molecule has 1 heterocycles. The number of rotatable bonds is 7. The molecule has 0 unspecified atom stereocenters. The summed E-state index contributed by atoms with van der Waals surface area (Å²) in [6.07, 6.45) is 1.59. The third-order valence-corrected chi connectivity index (χ3v) is 3.85. The number of aromatic nitrogens is 4. The average Bonchev–Trinajstić information content (AvgIpc) is 3.08. The fraction of sp³-hybridized carbons (Fsp3) is 0.263. The van der Waals surface area contributed by atoms with E-state index in [4.69, 9.17) is 4.74 Å². The van der Waals surface area contributed by atoms with Crippen LogP contribution in [0.3, 0.4) is 0 Å². The molecule has 2 aromatic carbocycles. The van der Waals surface area contributed by atoms with Crippen molar-refractivity contribution in [3.8, 4) is 0 Å². The lowest BCUT2D eigenvalue weighted by Crippen LogP contribution is -2.12. The zero-order chi connectivity index (χ0) is 17.5. The first kappa shape index (κ1) is 16.8. The molecule has 128 valence electrons. The smallest absolute Gasteiger partial charge is 0.338 e. The van der Waals surface area contributed by atoms with Gasteiger partial charge in [0.25, 0.3) is 0 Å². The number of hydrogen-bond donors (Lipinski definition) is 0. The third-order valence-electron chi connectivity index (χ3n) is 3.85. The number of nitrogens with zero attached hydrogens (tertiary/aromatic N) is 4. The fourth-order valence-electron chi connectivity index (χ4n) is 2.61. The van der Waals surface area contributed by atoms with Gasteiger partial charge >= 0.3 is 5.97 Å². The Hall–Kier alpha value is -3.02. The molecule has 0 aliphatic heterocycles. The van der Waals surface area contributed by atoms with Gasteiger partial charge in [-0.25, -0.2) is 9.48 Å². The average molecular weight is 336 g/mol. The lowest BCUT2D eigenvalue weighted by atomic mass is 10.00. The molecular weight excluding hydrogens is 316 g/mol. The number of benzene rings is 2. The van der Waals surface area contributed by atoms with Gasteiger partial charge in [0.05, 0.1) is 5.56 Å². The molecule has 0 radical (unpaired) electrons. The molecule has 0 aliphatic carbocycles. The first-order valence-corrected chi connectivity index (χ1v) is 8.32. The Morgan fingerprint density at radius 2 is 1.84 bits per heavy atom. The van der Waals surface area contributed by atoms with Crippen molar-refractivity contribution in [2.75, 3.05) is 0 Å². The van der Waals surface area contributed by atoms with E-state index < -0.39 is 0 Å². The SMILES string of the molecule is CCCn1nnnc1COC(=O)c1ccccc1Cc1ccccc1. The van der Waals surface area contributed by atoms with Gasteiger partial charge in [-0.3, -0.25) is 0 Å². The van der Waals surface area contributed by atoms with Gasteiger partial charge in [-0.1, -0.05) is 55.5 Å². The maximum atomic E-state index is 12.5. The van der Waals surface area contributed by atoms with Crippen LogP contribution in [-0.4, -0.2) is 26.2 Å². The van der Waals surface area contributed by atoms with Crippen molar-refractivity contribution >= 4 is 5.97 Å². The van der Waals surface area contributed by atoms with Crippen molar-refractivity contribution in [1.82, 2.24) is 20.2 Å². The van der Waals surface area contributed by atoms with E-state index in [0.29, 0.717) is 24.4 Å². The molecule has 1 aromatic heterocycles. The van der Waals surface area contributed by atoms with Crippen LogP contribution in [0.4, 0.5) is 0 Å². The monoisotopic (exact) mass is 336 g/mol. The first-order valence-electron chi connectivity index (χ1n) is 8.32. The maximum Gasteiger partial charge on any atom is 0.338 e. The zero-order valence-electron chi connectivity index (χ0n) is 14.1. The summed E-state index contributed by atoms with van der Waals surface area (Å²) in [7, 11) is 0. The molecule has 0 amide bonds. The second kappa shape index (κ2) is 8.19. The second-order valence-corrected chi connectivity index (χ2v) is 5.71. The van der Waals surface area contributed by atoms with Crippen molar-refractivity contribution in [2.45, 2.75) is 32.9 Å². The molecule has 0 saturated heterocycles. The number of carbonyl (C=O) groups is 1. The Kier molecular flexibility index (Phi) is 5.51. The number of aryl methyl sites for hydroxylation is 1. The highest BCUT2D eigenvalue weighted by molar-refractivity contribution is 5.91. The molecule has 0 N–H and O–H groups in total. The van der Waals surface area contributed by atoms with Gasteiger partial charge in [0, 0.05) is 6.54 Å². The number of esters is 1. The van der Waals surface area contributed by atoms with E-state index in [2.05, 4.69) is 15.5 Å². The Morgan fingerprint density at radius 3 is 2.64 bits per heavy atom. The standard InChI is InChI=1S/C19H20N4O2/c1-2-12-23-18(20-21-22-23)14-25-19(24)17-11-7-6-10-16(17)13-15-8-4-3-5-9-15/h3-11H,2,12-14H2,1H3. The van der Waals surface area contributed by atoms with Crippen LogP contribution >= 0.6 is 0 Å². The summed E-state index contributed by atoms with van der Waals surface area (Å²) in [5.74, 6) is 0.188. The number of carbonyl (C=O) groups excluding carboxylic acids is 1. The molecule has 3 aromatic rings. The molecule has 25 heavy (non-hydrogen) atoms. The lowest BCUT2D eigenvalue weighted by molar-refractivity contribution is 0.0455. The van der Waals surface area contributed by atoms with Crippen LogP contribution in [0.2, 0.25) is 0 Å². The van der Waals surface area contributed by atoms with Gasteiger partial charge < -0.3 is 4.74 Å². The highest BCUT2D eigenvalue weighted by Gasteiger charge is 2.15. The molecule has 0 spiro atoms. The highest BCUT2D eigenvalue weighted by Crippen LogP contribution is 2.16. The van der Waals surface area contributed by atoms with Gasteiger partial charge in [0.15, 0.2) is 12.4 Å². The van der Waals surface area contributed by atoms with E-state index in [-0.39, 0.29) is 12.6 Å². The van der Waals surface area contributed by atoms with Gasteiger partial charge in [-0.15, -0.1) is 5.10 Å². The van der Waals surface area contributed by atoms with E-state index in [1.54, 1.807) is 10.7 Å². The van der Waals surface area contributed by atoms with Gasteiger partial charge in [0.2, 0.25) is 0 Å². The van der Waals surface area contributed by atoms with Crippen LogP contribution in [0.25, 0.3) is 0 Å². The largest absolute Gasteiger partial charge is 0.454 e. The van der Waals surface area contributed by atoms with Crippen LogP contribution in [0, 0.1) is 0 Å². The van der Waals surface area contributed by atoms with E-state index >= 15 is 0 Å². The van der Waals surface area contributed by atoms with Crippen LogP contribution in [0.15, 0.2) is 54.6 Å². The molecule has 0 bridgehead atoms. The molecule has 6 heteroatoms. The second-order valence-electron chi connectivity index (χ2n) is 5.71. The van der Waals surface area contributed by atoms with Crippen molar-refractivity contribution in [2.24, 2.45) is 0 Å². The summed E-state index contributed by atoms with van der Waals surface area (Å²) in [4.78, 5) is 12.5. The van der Waals surface area contributed by atoms with Crippen LogP contribution in [0.5, 0.6) is 0 Å². The van der Waals surface area contributed by atoms with Gasteiger partial charge in [-0.05, 0) is 40.5 Å². The normalized spacial score (nSPS) is 10.6. The van der Waals surface area contributed by atoms with Crippen LogP contribution < -0.4 is 0 Å². The van der Waals surface area contributed by atoms with Crippen molar-refractivity contribution in [3.63, 3.8) is 0 Å². The van der Waals surface area contributed by atoms with Crippen LogP contribution in [0.1, 0.15) is 40.7 Å². The predicted molar refractivity (Wildman–Crippen MR) is 92.9 cm³/mol. The molecule has 6 nitrogen and oxygen atoms in total. The van der Waals surface area contributed by atoms with E-state index in [9.17, 15) is 4.79 Å². The van der Waals surface area contributed by atoms with Crippen LogP contribution in [-0.2, 0) is 24.3 Å². The quantitative estimate of drug-likeness (QED) is 0.620. The van der Waals surface area contributed by atoms with E-state index in [1.807, 2.05) is 55.5 Å². The molecule has 0 aliphatic rings. The minimum Gasteiger partial charge on any atom is -0.454 e. The molecular formula is C19H20N4O2. The molecule has 0 atom stereocenters. The van der Waals surface area contributed by atoms with Gasteiger partial charge in [0.1, 0.15) is 0 Å². The lowest BCUT2D eigenvalue weighted by Gasteiger charge is -2.10. The fourth-order valence-corrected chi connectivity index (χ4v) is 2.61. The van der Waals surface area contributed by atoms with Crippen molar-refractivity contribution < 1.29 is 9.53 Å². The zero-order valence-corrected chi connectivity index (χ0v) is 14.1. The first-order chi connectivity index (χ1) is 12.3. The van der Waals surface area contributed by atoms with Gasteiger partial charge in [-0.2, -0.15) is 0 Å². The number of hydrogen-bond acceptors (Lipinski definition) is 5. The summed E-state index contributed by atoms with van der Waals surface area (Å²) in [6, 6.07) is 17.5. The topological polar surface area (TPSA) is 69.9 Å². The summed E-state index contributed by atoms with van der Waals surface area (Å²) in [5.41, 5.74) is 2.65. The summed E-state index contributed by atoms with van der Waals surface area (Å²) in [6.45, 7) is 2.80. The summed E-state index contributed by atoms with van der Waals surface area (Å²) < 4.78 is 7.09. The minimum atomic E-state index is -0.363. The highest BCUT2D eigenvalue weighted by atomic mass is 16.5. The van der Waals surface area contributed by atoms with Crippen molar-refractivity contribution in [1.29, 1.82) is 0 Å². The molecule has 0 saturated carbocycles. The predicted octanol–water partition coefficient (Wildman–Crippen LogP) is 3.03. The maximum absolute atomic E-state index is 12.5. The Balaban J connectivity index is 1.71. The van der Waals surface area contributed by atoms with E-state index in [1.165, 1.54) is 0 Å².